The van der Waals surface area contributed by atoms with Crippen molar-refractivity contribution in [1.82, 2.24) is 5.32 Å². The van der Waals surface area contributed by atoms with Crippen molar-refractivity contribution in [2.45, 2.75) is 57.4 Å². The van der Waals surface area contributed by atoms with Gasteiger partial charge in [-0.2, -0.15) is 0 Å². The van der Waals surface area contributed by atoms with Gasteiger partial charge in [-0.05, 0) is 44.1 Å². The van der Waals surface area contributed by atoms with Gasteiger partial charge in [0.15, 0.2) is 0 Å². The van der Waals surface area contributed by atoms with Crippen LogP contribution in [0.1, 0.15) is 51.4 Å². The Kier molecular flexibility index (Phi) is 5.07. The Morgan fingerprint density at radius 2 is 1.78 bits per heavy atom. The van der Waals surface area contributed by atoms with Crippen molar-refractivity contribution >= 4 is 9.84 Å². The number of rotatable bonds is 5. The number of nitrogens with one attached hydrogen (secondary N) is 1. The van der Waals surface area contributed by atoms with E-state index < -0.39 is 9.84 Å². The lowest BCUT2D eigenvalue weighted by Crippen LogP contribution is -2.39. The summed E-state index contributed by atoms with van der Waals surface area (Å²) in [4.78, 5) is 0. The summed E-state index contributed by atoms with van der Waals surface area (Å²) in [5.41, 5.74) is 0. The summed E-state index contributed by atoms with van der Waals surface area (Å²) < 4.78 is 22.1. The first-order valence-corrected chi connectivity index (χ1v) is 9.52. The van der Waals surface area contributed by atoms with E-state index >= 15 is 0 Å². The molecular formula is C14H27NO2S. The highest BCUT2D eigenvalue weighted by Crippen LogP contribution is 2.40. The van der Waals surface area contributed by atoms with E-state index in [1.807, 2.05) is 0 Å². The van der Waals surface area contributed by atoms with Crippen molar-refractivity contribution in [2.24, 2.45) is 11.8 Å². The molecule has 0 bridgehead atoms. The molecule has 2 aliphatic rings. The highest BCUT2D eigenvalue weighted by Gasteiger charge is 2.31. The lowest BCUT2D eigenvalue weighted by molar-refractivity contribution is 0.144. The second kappa shape index (κ2) is 6.38. The molecule has 1 N–H and O–H groups in total. The lowest BCUT2D eigenvalue weighted by atomic mass is 9.69. The van der Waals surface area contributed by atoms with Crippen LogP contribution in [0.5, 0.6) is 0 Å². The van der Waals surface area contributed by atoms with Gasteiger partial charge in [0.05, 0.1) is 5.75 Å². The third-order valence-corrected chi connectivity index (χ3v) is 5.69. The molecule has 4 heteroatoms. The van der Waals surface area contributed by atoms with Crippen LogP contribution in [-0.4, -0.2) is 33.0 Å². The highest BCUT2D eigenvalue weighted by atomic mass is 32.2. The van der Waals surface area contributed by atoms with Gasteiger partial charge in [0.1, 0.15) is 9.84 Å². The van der Waals surface area contributed by atoms with Gasteiger partial charge >= 0.3 is 0 Å². The standard InChI is InChI=1S/C14H27NO2S/c1-18(16,17)10-4-9-15-14-8-7-12-5-2-3-6-13(12)11-14/h12-15H,2-11H2,1H3. The molecule has 0 aromatic heterocycles. The minimum absolute atomic E-state index is 0.318. The minimum Gasteiger partial charge on any atom is -0.314 e. The van der Waals surface area contributed by atoms with Crippen molar-refractivity contribution in [2.75, 3.05) is 18.6 Å². The van der Waals surface area contributed by atoms with E-state index in [2.05, 4.69) is 5.32 Å². The van der Waals surface area contributed by atoms with Gasteiger partial charge in [0.25, 0.3) is 0 Å². The van der Waals surface area contributed by atoms with Crippen LogP contribution in [-0.2, 0) is 9.84 Å². The van der Waals surface area contributed by atoms with E-state index in [4.69, 9.17) is 0 Å². The maximum absolute atomic E-state index is 11.0. The summed E-state index contributed by atoms with van der Waals surface area (Å²) in [6.45, 7) is 0.856. The van der Waals surface area contributed by atoms with E-state index in [1.165, 1.54) is 51.2 Å². The normalized spacial score (nSPS) is 33.1. The van der Waals surface area contributed by atoms with Gasteiger partial charge < -0.3 is 5.32 Å². The second-order valence-corrected chi connectivity index (χ2v) is 8.51. The Balaban J connectivity index is 1.65. The van der Waals surface area contributed by atoms with Crippen molar-refractivity contribution in [3.63, 3.8) is 0 Å². The van der Waals surface area contributed by atoms with Gasteiger partial charge in [0, 0.05) is 12.3 Å². The van der Waals surface area contributed by atoms with Gasteiger partial charge in [-0.15, -0.1) is 0 Å². The molecule has 3 atom stereocenters. The average molecular weight is 273 g/mol. The molecule has 2 fully saturated rings. The molecule has 0 spiro atoms. The van der Waals surface area contributed by atoms with E-state index in [9.17, 15) is 8.42 Å². The lowest BCUT2D eigenvalue weighted by Gasteiger charge is -2.39. The maximum Gasteiger partial charge on any atom is 0.147 e. The van der Waals surface area contributed by atoms with E-state index in [0.717, 1.165) is 24.8 Å². The maximum atomic E-state index is 11.0. The van der Waals surface area contributed by atoms with Crippen molar-refractivity contribution < 1.29 is 8.42 Å². The number of hydrogen-bond acceptors (Lipinski definition) is 3. The molecule has 3 unspecified atom stereocenters. The Morgan fingerprint density at radius 1 is 1.06 bits per heavy atom. The van der Waals surface area contributed by atoms with Crippen LogP contribution in [0, 0.1) is 11.8 Å². The summed E-state index contributed by atoms with van der Waals surface area (Å²) in [5.74, 6) is 2.26. The van der Waals surface area contributed by atoms with Gasteiger partial charge in [-0.25, -0.2) is 8.42 Å². The van der Waals surface area contributed by atoms with Crippen LogP contribution in [0.2, 0.25) is 0 Å². The topological polar surface area (TPSA) is 46.2 Å². The molecule has 0 amide bonds. The van der Waals surface area contributed by atoms with E-state index in [0.29, 0.717) is 11.8 Å². The SMILES string of the molecule is CS(=O)(=O)CCCNC1CCC2CCCCC2C1. The fourth-order valence-electron chi connectivity index (χ4n) is 3.70. The molecule has 0 radical (unpaired) electrons. The molecule has 0 heterocycles. The predicted octanol–water partition coefficient (Wildman–Crippen LogP) is 2.37. The minimum atomic E-state index is -2.79. The summed E-state index contributed by atoms with van der Waals surface area (Å²) in [6, 6.07) is 0.643. The fraction of sp³-hybridized carbons (Fsp3) is 1.00. The van der Waals surface area contributed by atoms with Crippen molar-refractivity contribution in [1.29, 1.82) is 0 Å². The van der Waals surface area contributed by atoms with Crippen LogP contribution < -0.4 is 5.32 Å². The van der Waals surface area contributed by atoms with Crippen LogP contribution in [0.25, 0.3) is 0 Å². The summed E-state index contributed by atoms with van der Waals surface area (Å²) in [5, 5.41) is 3.56. The van der Waals surface area contributed by atoms with E-state index in [-0.39, 0.29) is 0 Å². The first-order valence-electron chi connectivity index (χ1n) is 7.46. The monoisotopic (exact) mass is 273 g/mol. The Hall–Kier alpha value is -0.0900. The molecule has 18 heavy (non-hydrogen) atoms. The number of fused-ring (bicyclic) bond motifs is 1. The first-order chi connectivity index (χ1) is 8.54. The molecule has 0 saturated heterocycles. The smallest absolute Gasteiger partial charge is 0.147 e. The second-order valence-electron chi connectivity index (χ2n) is 6.25. The molecular weight excluding hydrogens is 246 g/mol. The van der Waals surface area contributed by atoms with Crippen molar-refractivity contribution in [3.8, 4) is 0 Å². The van der Waals surface area contributed by atoms with Gasteiger partial charge in [0.2, 0.25) is 0 Å². The zero-order chi connectivity index (χ0) is 13.0. The molecule has 106 valence electrons. The zero-order valence-corrected chi connectivity index (χ0v) is 12.3. The third kappa shape index (κ3) is 4.54. The molecule has 3 nitrogen and oxygen atoms in total. The van der Waals surface area contributed by atoms with Crippen molar-refractivity contribution in [3.05, 3.63) is 0 Å². The van der Waals surface area contributed by atoms with Crippen LogP contribution in [0.4, 0.5) is 0 Å². The molecule has 2 rings (SSSR count). The number of hydrogen-bond donors (Lipinski definition) is 1. The largest absolute Gasteiger partial charge is 0.314 e. The first kappa shape index (κ1) is 14.3. The third-order valence-electron chi connectivity index (χ3n) is 4.66. The molecule has 0 aromatic rings. The molecule has 0 aliphatic heterocycles. The number of sulfone groups is 1. The summed E-state index contributed by atoms with van der Waals surface area (Å²) >= 11 is 0. The molecule has 0 aromatic carbocycles. The van der Waals surface area contributed by atoms with Gasteiger partial charge in [-0.1, -0.05) is 25.7 Å². The average Bonchev–Trinajstić information content (AvgIpc) is 2.33. The highest BCUT2D eigenvalue weighted by molar-refractivity contribution is 7.90. The fourth-order valence-corrected chi connectivity index (χ4v) is 4.37. The summed E-state index contributed by atoms with van der Waals surface area (Å²) in [7, 11) is -2.79. The predicted molar refractivity (Wildman–Crippen MR) is 75.4 cm³/mol. The molecule has 2 aliphatic carbocycles. The van der Waals surface area contributed by atoms with E-state index in [1.54, 1.807) is 0 Å². The summed E-state index contributed by atoms with van der Waals surface area (Å²) in [6.07, 6.45) is 11.8. The Morgan fingerprint density at radius 3 is 2.50 bits per heavy atom. The van der Waals surface area contributed by atoms with Gasteiger partial charge in [-0.3, -0.25) is 0 Å². The Labute approximate surface area is 112 Å². The Bertz CT molecular complexity index is 353. The van der Waals surface area contributed by atoms with Crippen LogP contribution in [0.3, 0.4) is 0 Å². The quantitative estimate of drug-likeness (QED) is 0.782. The zero-order valence-electron chi connectivity index (χ0n) is 11.5. The molecule has 2 saturated carbocycles. The van der Waals surface area contributed by atoms with Crippen LogP contribution in [0.15, 0.2) is 0 Å². The van der Waals surface area contributed by atoms with Crippen LogP contribution >= 0.6 is 0 Å².